The molecule has 2 heterocycles. The molecule has 0 spiro atoms. The van der Waals surface area contributed by atoms with E-state index in [2.05, 4.69) is 42.3 Å². The van der Waals surface area contributed by atoms with Gasteiger partial charge in [0, 0.05) is 30.2 Å². The zero-order chi connectivity index (χ0) is 19.5. The number of nitrogens with zero attached hydrogens (tertiary/aromatic N) is 3. The topological polar surface area (TPSA) is 59.8 Å². The summed E-state index contributed by atoms with van der Waals surface area (Å²) in [4.78, 5) is 21.2. The van der Waals surface area contributed by atoms with Gasteiger partial charge in [-0.05, 0) is 55.8 Å². The van der Waals surface area contributed by atoms with Crippen LogP contribution in [0.25, 0.3) is 20.8 Å². The van der Waals surface area contributed by atoms with E-state index in [0.717, 1.165) is 33.5 Å². The minimum atomic E-state index is -0.0427. The Balaban J connectivity index is 1.40. The molecule has 5 nitrogen and oxygen atoms in total. The van der Waals surface area contributed by atoms with Crippen LogP contribution >= 0.6 is 23.1 Å². The predicted molar refractivity (Wildman–Crippen MR) is 117 cm³/mol. The number of thiazole rings is 1. The molecule has 0 bridgehead atoms. The van der Waals surface area contributed by atoms with Crippen LogP contribution in [0.3, 0.4) is 0 Å². The van der Waals surface area contributed by atoms with E-state index in [-0.39, 0.29) is 5.91 Å². The average Bonchev–Trinajstić information content (AvgIpc) is 3.33. The van der Waals surface area contributed by atoms with Crippen molar-refractivity contribution in [2.75, 3.05) is 11.1 Å². The van der Waals surface area contributed by atoms with Gasteiger partial charge < -0.3 is 9.88 Å². The first-order chi connectivity index (χ1) is 13.6. The standard InChI is InChI=1S/C21H20N4OS2/c1-3-25-11-10-22-21(25)27-13-19(26)23-16-7-5-15(6-8-16)20-24-17-9-4-14(2)12-18(17)28-20/h4-12H,3,13H2,1-2H3,(H,23,26). The summed E-state index contributed by atoms with van der Waals surface area (Å²) in [7, 11) is 0. The molecule has 28 heavy (non-hydrogen) atoms. The Labute approximate surface area is 171 Å². The highest BCUT2D eigenvalue weighted by Gasteiger charge is 2.09. The van der Waals surface area contributed by atoms with Crippen molar-refractivity contribution in [1.82, 2.24) is 14.5 Å². The summed E-state index contributed by atoms with van der Waals surface area (Å²) < 4.78 is 3.21. The second kappa shape index (κ2) is 8.16. The molecule has 0 aliphatic carbocycles. The molecule has 0 aliphatic rings. The van der Waals surface area contributed by atoms with Gasteiger partial charge in [-0.15, -0.1) is 11.3 Å². The summed E-state index contributed by atoms with van der Waals surface area (Å²) in [5.74, 6) is 0.287. The fourth-order valence-electron chi connectivity index (χ4n) is 2.85. The van der Waals surface area contributed by atoms with E-state index >= 15 is 0 Å². The smallest absolute Gasteiger partial charge is 0.234 e. The highest BCUT2D eigenvalue weighted by molar-refractivity contribution is 7.99. The zero-order valence-electron chi connectivity index (χ0n) is 15.7. The maximum absolute atomic E-state index is 12.2. The van der Waals surface area contributed by atoms with Crippen molar-refractivity contribution in [3.63, 3.8) is 0 Å². The second-order valence-corrected chi connectivity index (χ2v) is 8.37. The van der Waals surface area contributed by atoms with Crippen LogP contribution in [-0.2, 0) is 11.3 Å². The van der Waals surface area contributed by atoms with E-state index < -0.39 is 0 Å². The maximum atomic E-state index is 12.2. The number of nitrogens with one attached hydrogen (secondary N) is 1. The maximum Gasteiger partial charge on any atom is 0.234 e. The van der Waals surface area contributed by atoms with Crippen LogP contribution in [0.15, 0.2) is 60.0 Å². The molecule has 0 radical (unpaired) electrons. The summed E-state index contributed by atoms with van der Waals surface area (Å²) in [6, 6.07) is 14.1. The van der Waals surface area contributed by atoms with Gasteiger partial charge in [0.15, 0.2) is 5.16 Å². The van der Waals surface area contributed by atoms with Gasteiger partial charge in [0.25, 0.3) is 0 Å². The molecule has 0 unspecified atom stereocenters. The number of carbonyl (C=O) groups is 1. The molecule has 7 heteroatoms. The zero-order valence-corrected chi connectivity index (χ0v) is 17.3. The second-order valence-electron chi connectivity index (χ2n) is 6.40. The number of benzene rings is 2. The highest BCUT2D eigenvalue weighted by Crippen LogP contribution is 2.31. The number of thioether (sulfide) groups is 1. The molecule has 2 aromatic heterocycles. The fraction of sp³-hybridized carbons (Fsp3) is 0.190. The Morgan fingerprint density at radius 2 is 2.04 bits per heavy atom. The van der Waals surface area contributed by atoms with Crippen molar-refractivity contribution in [3.05, 3.63) is 60.4 Å². The number of aryl methyl sites for hydroxylation is 2. The number of amides is 1. The third kappa shape index (κ3) is 4.10. The highest BCUT2D eigenvalue weighted by atomic mass is 32.2. The minimum Gasteiger partial charge on any atom is -0.326 e. The van der Waals surface area contributed by atoms with Gasteiger partial charge in [-0.2, -0.15) is 0 Å². The van der Waals surface area contributed by atoms with Gasteiger partial charge in [-0.25, -0.2) is 9.97 Å². The lowest BCUT2D eigenvalue weighted by Gasteiger charge is -2.06. The molecular weight excluding hydrogens is 388 g/mol. The number of carbonyl (C=O) groups excluding carboxylic acids is 1. The quantitative estimate of drug-likeness (QED) is 0.445. The molecule has 1 N–H and O–H groups in total. The van der Waals surface area contributed by atoms with Crippen molar-refractivity contribution in [1.29, 1.82) is 0 Å². The minimum absolute atomic E-state index is 0.0427. The molecule has 0 fully saturated rings. The van der Waals surface area contributed by atoms with Crippen molar-refractivity contribution < 1.29 is 4.79 Å². The Kier molecular flexibility index (Phi) is 5.45. The van der Waals surface area contributed by atoms with Crippen molar-refractivity contribution in [3.8, 4) is 10.6 Å². The summed E-state index contributed by atoms with van der Waals surface area (Å²) >= 11 is 3.12. The average molecular weight is 409 g/mol. The first kappa shape index (κ1) is 18.7. The first-order valence-electron chi connectivity index (χ1n) is 9.04. The molecule has 142 valence electrons. The van der Waals surface area contributed by atoms with Crippen LogP contribution in [0, 0.1) is 6.92 Å². The van der Waals surface area contributed by atoms with Crippen LogP contribution in [-0.4, -0.2) is 26.2 Å². The van der Waals surface area contributed by atoms with Crippen LogP contribution in [0.5, 0.6) is 0 Å². The number of hydrogen-bond acceptors (Lipinski definition) is 5. The summed E-state index contributed by atoms with van der Waals surface area (Å²) in [6.45, 7) is 4.99. The third-order valence-corrected chi connectivity index (χ3v) is 6.38. The van der Waals surface area contributed by atoms with Crippen molar-refractivity contribution >= 4 is 44.9 Å². The monoisotopic (exact) mass is 408 g/mol. The van der Waals surface area contributed by atoms with Crippen molar-refractivity contribution in [2.45, 2.75) is 25.5 Å². The van der Waals surface area contributed by atoms with Crippen LogP contribution in [0.4, 0.5) is 5.69 Å². The Morgan fingerprint density at radius 1 is 1.21 bits per heavy atom. The molecule has 0 aliphatic heterocycles. The number of imidazole rings is 1. The number of aromatic nitrogens is 3. The summed E-state index contributed by atoms with van der Waals surface area (Å²) in [5.41, 5.74) is 4.09. The molecule has 4 aromatic rings. The molecule has 0 atom stereocenters. The Morgan fingerprint density at radius 3 is 2.82 bits per heavy atom. The molecular formula is C21H20N4OS2. The van der Waals surface area contributed by atoms with Gasteiger partial charge in [-0.3, -0.25) is 4.79 Å². The lowest BCUT2D eigenvalue weighted by Crippen LogP contribution is -2.14. The van der Waals surface area contributed by atoms with Gasteiger partial charge >= 0.3 is 0 Å². The largest absolute Gasteiger partial charge is 0.326 e. The van der Waals surface area contributed by atoms with Gasteiger partial charge in [0.2, 0.25) is 5.91 Å². The van der Waals surface area contributed by atoms with Gasteiger partial charge in [0.1, 0.15) is 5.01 Å². The summed E-state index contributed by atoms with van der Waals surface area (Å²) in [6.07, 6.45) is 3.67. The number of anilines is 1. The van der Waals surface area contributed by atoms with E-state index in [9.17, 15) is 4.79 Å². The van der Waals surface area contributed by atoms with E-state index in [1.807, 2.05) is 35.0 Å². The van der Waals surface area contributed by atoms with Gasteiger partial charge in [0.05, 0.1) is 16.0 Å². The van der Waals surface area contributed by atoms with Crippen LogP contribution in [0.1, 0.15) is 12.5 Å². The molecule has 2 aromatic carbocycles. The normalized spacial score (nSPS) is 11.1. The predicted octanol–water partition coefficient (Wildman–Crippen LogP) is 5.22. The SMILES string of the molecule is CCn1ccnc1SCC(=O)Nc1ccc(-c2nc3ccc(C)cc3s2)cc1. The molecule has 0 saturated carbocycles. The number of hydrogen-bond donors (Lipinski definition) is 1. The van der Waals surface area contributed by atoms with E-state index in [1.54, 1.807) is 17.5 Å². The molecule has 0 saturated heterocycles. The molecule has 4 rings (SSSR count). The first-order valence-corrected chi connectivity index (χ1v) is 10.8. The Hall–Kier alpha value is -2.64. The van der Waals surface area contributed by atoms with E-state index in [1.165, 1.54) is 22.0 Å². The van der Waals surface area contributed by atoms with Gasteiger partial charge in [-0.1, -0.05) is 17.8 Å². The summed E-state index contributed by atoms with van der Waals surface area (Å²) in [5, 5.41) is 4.79. The van der Waals surface area contributed by atoms with Crippen LogP contribution < -0.4 is 5.32 Å². The lowest BCUT2D eigenvalue weighted by molar-refractivity contribution is -0.113. The fourth-order valence-corrected chi connectivity index (χ4v) is 4.75. The number of rotatable bonds is 6. The van der Waals surface area contributed by atoms with E-state index in [0.29, 0.717) is 5.75 Å². The van der Waals surface area contributed by atoms with Crippen LogP contribution in [0.2, 0.25) is 0 Å². The number of fused-ring (bicyclic) bond motifs is 1. The third-order valence-electron chi connectivity index (χ3n) is 4.31. The van der Waals surface area contributed by atoms with E-state index in [4.69, 9.17) is 4.98 Å². The Bertz CT molecular complexity index is 1120. The molecule has 1 amide bonds. The van der Waals surface area contributed by atoms with Crippen molar-refractivity contribution in [2.24, 2.45) is 0 Å². The lowest BCUT2D eigenvalue weighted by atomic mass is 10.2.